The molecule has 0 radical (unpaired) electrons. The van der Waals surface area contributed by atoms with Gasteiger partial charge in [-0.05, 0) is 24.6 Å². The minimum absolute atomic E-state index is 0.243. The van der Waals surface area contributed by atoms with Crippen LogP contribution >= 0.6 is 0 Å². The van der Waals surface area contributed by atoms with Gasteiger partial charge in [0.25, 0.3) is 6.04 Å². The molecule has 1 aliphatic carbocycles. The Balaban J connectivity index is 3.58. The molecule has 0 spiro atoms. The van der Waals surface area contributed by atoms with Crippen LogP contribution in [0.5, 0.6) is 0 Å². The maximum Gasteiger partial charge on any atom is 0.710 e. The van der Waals surface area contributed by atoms with E-state index >= 15 is 0 Å². The lowest BCUT2D eigenvalue weighted by Gasteiger charge is -2.22. The largest absolute Gasteiger partial charge is 0.710 e. The highest BCUT2D eigenvalue weighted by atomic mass is 16.7. The van der Waals surface area contributed by atoms with Gasteiger partial charge in [-0.15, -0.1) is 0 Å². The van der Waals surface area contributed by atoms with Gasteiger partial charge in [-0.3, -0.25) is 40.5 Å². The summed E-state index contributed by atoms with van der Waals surface area (Å²) in [6.07, 6.45) is 1.53. The lowest BCUT2D eigenvalue weighted by Crippen LogP contribution is -2.59. The summed E-state index contributed by atoms with van der Waals surface area (Å²) in [6, 6.07) is -1.52. The quantitative estimate of drug-likeness (QED) is 0.286. The van der Waals surface area contributed by atoms with E-state index in [2.05, 4.69) is 4.74 Å². The first kappa shape index (κ1) is 16.9. The highest BCUT2D eigenvalue weighted by Crippen LogP contribution is 2.36. The monoisotopic (exact) mass is 318 g/mol. The summed E-state index contributed by atoms with van der Waals surface area (Å²) in [5.74, 6) is -6.17. The molecule has 0 aromatic rings. The maximum absolute atomic E-state index is 11.1. The Morgan fingerprint density at radius 2 is 1.45 bits per heavy atom. The number of rotatable bonds is 6. The molecule has 0 amide bonds. The molecule has 0 bridgehead atoms. The van der Waals surface area contributed by atoms with Gasteiger partial charge in [0.05, 0.1) is 7.11 Å². The van der Waals surface area contributed by atoms with Gasteiger partial charge in [-0.1, -0.05) is 0 Å². The number of hydrogen-bond acceptors (Lipinski definition) is 9. The van der Waals surface area contributed by atoms with E-state index in [0.717, 1.165) is 20.1 Å². The van der Waals surface area contributed by atoms with Crippen LogP contribution in [0.2, 0.25) is 0 Å². The molecule has 0 N–H and O–H groups in total. The van der Waals surface area contributed by atoms with E-state index in [0.29, 0.717) is 6.08 Å². The van der Waals surface area contributed by atoms with Gasteiger partial charge >= 0.3 is 5.79 Å². The first-order valence-corrected chi connectivity index (χ1v) is 5.61. The Morgan fingerprint density at radius 3 is 1.77 bits per heavy atom. The van der Waals surface area contributed by atoms with Gasteiger partial charge in [0.15, 0.2) is 20.5 Å². The van der Waals surface area contributed by atoms with Gasteiger partial charge < -0.3 is 4.74 Å². The number of ether oxygens (including phenoxy) is 1. The van der Waals surface area contributed by atoms with Crippen LogP contribution in [0.3, 0.4) is 0 Å². The van der Waals surface area contributed by atoms with Gasteiger partial charge in [0.2, 0.25) is 5.92 Å². The summed E-state index contributed by atoms with van der Waals surface area (Å²) in [5.41, 5.74) is -0.243. The third-order valence-corrected chi connectivity index (χ3v) is 3.22. The second-order valence-electron chi connectivity index (χ2n) is 4.35. The predicted molar refractivity (Wildman–Crippen MR) is 66.8 cm³/mol. The average Bonchev–Trinajstić information content (AvgIpc) is 2.39. The van der Waals surface area contributed by atoms with E-state index in [9.17, 15) is 40.5 Å². The smallest absolute Gasteiger partial charge is 0.494 e. The van der Waals surface area contributed by atoms with Crippen molar-refractivity contribution in [2.24, 2.45) is 5.92 Å². The van der Waals surface area contributed by atoms with Crippen molar-refractivity contribution in [1.82, 2.24) is 0 Å². The Labute approximate surface area is 121 Å². The Morgan fingerprint density at radius 1 is 1.00 bits per heavy atom. The molecule has 0 saturated heterocycles. The highest BCUT2D eigenvalue weighted by molar-refractivity contribution is 5.27. The normalized spacial score (nSPS) is 21.4. The number of methoxy groups -OCH3 is 1. The number of nitrogens with zero attached hydrogens (tertiary/aromatic N) is 4. The topological polar surface area (TPSA) is 182 Å². The van der Waals surface area contributed by atoms with Crippen molar-refractivity contribution in [2.45, 2.75) is 18.8 Å². The van der Waals surface area contributed by atoms with Gasteiger partial charge in [0, 0.05) is 4.92 Å². The van der Waals surface area contributed by atoms with E-state index in [1.165, 1.54) is 0 Å². The fourth-order valence-corrected chi connectivity index (χ4v) is 2.14. The van der Waals surface area contributed by atoms with Gasteiger partial charge in [-0.25, -0.2) is 0 Å². The van der Waals surface area contributed by atoms with E-state index in [4.69, 9.17) is 0 Å². The molecule has 0 saturated carbocycles. The van der Waals surface area contributed by atoms with Crippen LogP contribution in [0.15, 0.2) is 23.5 Å². The Hall–Kier alpha value is -3.12. The Bertz CT molecular complexity index is 574. The molecule has 0 aromatic carbocycles. The van der Waals surface area contributed by atoms with Crippen molar-refractivity contribution in [2.75, 3.05) is 7.11 Å². The number of hydrogen-bond donors (Lipinski definition) is 0. The molecule has 22 heavy (non-hydrogen) atoms. The molecule has 0 unspecified atom stereocenters. The molecule has 0 fully saturated rings. The van der Waals surface area contributed by atoms with Gasteiger partial charge in [0.1, 0.15) is 0 Å². The first-order valence-electron chi connectivity index (χ1n) is 5.61. The summed E-state index contributed by atoms with van der Waals surface area (Å²) in [7, 11) is 1.01. The van der Waals surface area contributed by atoms with Crippen molar-refractivity contribution in [3.8, 4) is 0 Å². The zero-order valence-electron chi connectivity index (χ0n) is 11.3. The molecule has 0 aromatic heterocycles. The molecule has 1 aliphatic rings. The molecule has 1 rings (SSSR count). The fraction of sp³-hybridized carbons (Fsp3) is 0.556. The summed E-state index contributed by atoms with van der Waals surface area (Å²) in [6.45, 7) is 1.11. The van der Waals surface area contributed by atoms with Crippen molar-refractivity contribution in [1.29, 1.82) is 0 Å². The van der Waals surface area contributed by atoms with E-state index < -0.39 is 43.2 Å². The minimum Gasteiger partial charge on any atom is -0.494 e. The highest BCUT2D eigenvalue weighted by Gasteiger charge is 2.76. The third-order valence-electron chi connectivity index (χ3n) is 3.22. The number of nitro groups is 4. The van der Waals surface area contributed by atoms with Crippen LogP contribution in [-0.4, -0.2) is 38.6 Å². The van der Waals surface area contributed by atoms with Crippen LogP contribution in [0.1, 0.15) is 6.92 Å². The van der Waals surface area contributed by atoms with Crippen LogP contribution in [0.4, 0.5) is 0 Å². The SMILES string of the molecule is COC1=C[C@@H](C([N+](=O)[O-])([N+](=O)[O-])[N+](=O)[O-])C(C)=C[C@H]1[N+](=O)[O-]. The lowest BCUT2D eigenvalue weighted by atomic mass is 9.86. The van der Waals surface area contributed by atoms with Crippen LogP contribution in [0.25, 0.3) is 0 Å². The third kappa shape index (κ3) is 2.32. The molecular weight excluding hydrogens is 308 g/mol. The van der Waals surface area contributed by atoms with Crippen molar-refractivity contribution in [3.05, 3.63) is 63.9 Å². The van der Waals surface area contributed by atoms with Crippen molar-refractivity contribution < 1.29 is 24.4 Å². The van der Waals surface area contributed by atoms with E-state index in [-0.39, 0.29) is 5.57 Å². The van der Waals surface area contributed by atoms with Crippen LogP contribution < -0.4 is 0 Å². The minimum atomic E-state index is -3.79. The average molecular weight is 318 g/mol. The molecule has 0 aliphatic heterocycles. The maximum atomic E-state index is 11.1. The summed E-state index contributed by atoms with van der Waals surface area (Å²) in [4.78, 5) is 38.3. The first-order chi connectivity index (χ1) is 10.1. The molecule has 13 heteroatoms. The molecule has 2 atom stereocenters. The predicted octanol–water partition coefficient (Wildman–Crippen LogP) is 0.222. The zero-order chi connectivity index (χ0) is 17.2. The summed E-state index contributed by atoms with van der Waals surface area (Å²) < 4.78 is 4.69. The zero-order valence-corrected chi connectivity index (χ0v) is 11.3. The van der Waals surface area contributed by atoms with Crippen LogP contribution in [0, 0.1) is 46.4 Å². The molecular formula is C9H10N4O9. The molecule has 120 valence electrons. The van der Waals surface area contributed by atoms with Crippen LogP contribution in [-0.2, 0) is 4.74 Å². The second-order valence-corrected chi connectivity index (χ2v) is 4.35. The standard InChI is InChI=1S/C9H10N4O9/c1-5-3-7(10(14)15)8(22-2)4-6(5)9(11(16)17,12(18)19)13(20)21/h3-4,6-7H,1-2H3/t6-,7-/m1/s1. The van der Waals surface area contributed by atoms with E-state index in [1.54, 1.807) is 0 Å². The Kier molecular flexibility index (Phi) is 4.39. The lowest BCUT2D eigenvalue weighted by molar-refractivity contribution is -0.975. The summed E-state index contributed by atoms with van der Waals surface area (Å²) >= 11 is 0. The second kappa shape index (κ2) is 5.71. The molecule has 0 heterocycles. The fourth-order valence-electron chi connectivity index (χ4n) is 2.14. The van der Waals surface area contributed by atoms with Crippen molar-refractivity contribution in [3.63, 3.8) is 0 Å². The van der Waals surface area contributed by atoms with Crippen molar-refractivity contribution >= 4 is 0 Å². The summed E-state index contributed by atoms with van der Waals surface area (Å²) in [5, 5.41) is 44.0. The van der Waals surface area contributed by atoms with E-state index in [1.807, 2.05) is 0 Å². The molecule has 13 nitrogen and oxygen atoms in total. The van der Waals surface area contributed by atoms with Gasteiger partial charge in [-0.2, -0.15) is 0 Å².